The smallest absolute Gasteiger partial charge is 0.294 e. The van der Waals surface area contributed by atoms with Crippen molar-refractivity contribution in [2.45, 2.75) is 13.5 Å². The predicted octanol–water partition coefficient (Wildman–Crippen LogP) is 4.54. The number of nitrogen functional groups attached to an aromatic ring is 1. The fourth-order valence-corrected chi connectivity index (χ4v) is 3.06. The maximum absolute atomic E-state index is 13.2. The molecule has 1 heterocycles. The summed E-state index contributed by atoms with van der Waals surface area (Å²) in [5.74, 6) is 0.701. The summed E-state index contributed by atoms with van der Waals surface area (Å²) in [4.78, 5) is 14.9. The Morgan fingerprint density at radius 3 is 2.48 bits per heavy atom. The Balaban J connectivity index is 1.75. The molecule has 0 saturated carbocycles. The second kappa shape index (κ2) is 7.00. The Bertz CT molecular complexity index is 1010. The first-order valence-electron chi connectivity index (χ1n) is 8.82. The average molecular weight is 356 g/mol. The zero-order valence-corrected chi connectivity index (χ0v) is 15.1. The predicted molar refractivity (Wildman–Crippen MR) is 108 cm³/mol. The van der Waals surface area contributed by atoms with Crippen LogP contribution in [-0.4, -0.2) is 5.91 Å². The minimum absolute atomic E-state index is 0.170. The van der Waals surface area contributed by atoms with Gasteiger partial charge in [-0.15, -0.1) is 0 Å². The van der Waals surface area contributed by atoms with E-state index in [-0.39, 0.29) is 11.7 Å². The highest BCUT2D eigenvalue weighted by Gasteiger charge is 2.30. The largest absolute Gasteiger partial charge is 0.449 e. The summed E-state index contributed by atoms with van der Waals surface area (Å²) in [6.07, 6.45) is 1.76. The van der Waals surface area contributed by atoms with E-state index >= 15 is 0 Å². The Morgan fingerprint density at radius 2 is 1.74 bits per heavy atom. The van der Waals surface area contributed by atoms with E-state index in [9.17, 15) is 4.79 Å². The SMILES string of the molecule is Cc1ccc(CN2C(=O)/C(=C\c3ccccc3)Oc3cc(N)ccc32)cc1. The molecule has 3 aromatic carbocycles. The maximum Gasteiger partial charge on any atom is 0.294 e. The molecule has 0 radical (unpaired) electrons. The normalized spacial score (nSPS) is 14.8. The summed E-state index contributed by atoms with van der Waals surface area (Å²) in [7, 11) is 0. The molecule has 0 unspecified atom stereocenters. The molecular formula is C23H20N2O2. The van der Waals surface area contributed by atoms with E-state index < -0.39 is 0 Å². The van der Waals surface area contributed by atoms with Crippen molar-refractivity contribution in [1.82, 2.24) is 0 Å². The summed E-state index contributed by atoms with van der Waals surface area (Å²) < 4.78 is 5.91. The van der Waals surface area contributed by atoms with Crippen molar-refractivity contribution in [3.8, 4) is 5.75 Å². The summed E-state index contributed by atoms with van der Waals surface area (Å²) in [5, 5.41) is 0. The van der Waals surface area contributed by atoms with Crippen molar-refractivity contribution in [3.63, 3.8) is 0 Å². The molecule has 0 bridgehead atoms. The number of nitrogens with zero attached hydrogens (tertiary/aromatic N) is 1. The molecule has 4 heteroatoms. The van der Waals surface area contributed by atoms with Gasteiger partial charge in [0.25, 0.3) is 5.91 Å². The number of anilines is 2. The number of ether oxygens (including phenoxy) is 1. The van der Waals surface area contributed by atoms with Crippen LogP contribution in [0.2, 0.25) is 0 Å². The third-order valence-corrected chi connectivity index (χ3v) is 4.51. The fraction of sp³-hybridized carbons (Fsp3) is 0.0870. The zero-order valence-electron chi connectivity index (χ0n) is 15.1. The number of nitrogens with two attached hydrogens (primary N) is 1. The van der Waals surface area contributed by atoms with Crippen LogP contribution in [0.4, 0.5) is 11.4 Å². The van der Waals surface area contributed by atoms with Crippen molar-refractivity contribution in [2.24, 2.45) is 0 Å². The lowest BCUT2D eigenvalue weighted by Gasteiger charge is -2.31. The van der Waals surface area contributed by atoms with Gasteiger partial charge in [-0.3, -0.25) is 9.69 Å². The molecule has 0 saturated heterocycles. The number of rotatable bonds is 3. The van der Waals surface area contributed by atoms with Crippen LogP contribution >= 0.6 is 0 Å². The number of benzene rings is 3. The molecule has 4 rings (SSSR count). The van der Waals surface area contributed by atoms with Crippen molar-refractivity contribution in [1.29, 1.82) is 0 Å². The minimum atomic E-state index is -0.170. The molecule has 4 nitrogen and oxygen atoms in total. The Kier molecular flexibility index (Phi) is 4.38. The average Bonchev–Trinajstić information content (AvgIpc) is 2.67. The second-order valence-corrected chi connectivity index (χ2v) is 6.63. The molecule has 2 N–H and O–H groups in total. The lowest BCUT2D eigenvalue weighted by Crippen LogP contribution is -2.36. The standard InChI is InChI=1S/C23H20N2O2/c1-16-7-9-18(10-8-16)15-25-20-12-11-19(24)14-21(20)27-22(23(25)26)13-17-5-3-2-4-6-17/h2-14H,15,24H2,1H3/b22-13+. The van der Waals surface area contributed by atoms with Crippen LogP contribution in [0.1, 0.15) is 16.7 Å². The van der Waals surface area contributed by atoms with Crippen molar-refractivity contribution < 1.29 is 9.53 Å². The third kappa shape index (κ3) is 3.55. The van der Waals surface area contributed by atoms with E-state index in [0.717, 1.165) is 16.8 Å². The van der Waals surface area contributed by atoms with E-state index in [0.29, 0.717) is 18.0 Å². The molecule has 0 aromatic heterocycles. The number of hydrogen-bond donors (Lipinski definition) is 1. The van der Waals surface area contributed by atoms with Gasteiger partial charge >= 0.3 is 0 Å². The van der Waals surface area contributed by atoms with E-state index in [1.807, 2.05) is 67.6 Å². The van der Waals surface area contributed by atoms with Crippen LogP contribution in [-0.2, 0) is 11.3 Å². The number of hydrogen-bond acceptors (Lipinski definition) is 3. The fourth-order valence-electron chi connectivity index (χ4n) is 3.06. The van der Waals surface area contributed by atoms with Crippen LogP contribution in [0, 0.1) is 6.92 Å². The van der Waals surface area contributed by atoms with Crippen LogP contribution in [0.3, 0.4) is 0 Å². The highest BCUT2D eigenvalue weighted by atomic mass is 16.5. The molecule has 0 spiro atoms. The summed E-state index contributed by atoms with van der Waals surface area (Å²) in [6, 6.07) is 23.2. The van der Waals surface area contributed by atoms with Crippen molar-refractivity contribution in [3.05, 3.63) is 95.2 Å². The van der Waals surface area contributed by atoms with Crippen LogP contribution in [0.15, 0.2) is 78.6 Å². The Labute approximate surface area is 158 Å². The van der Waals surface area contributed by atoms with Crippen LogP contribution in [0.25, 0.3) is 6.08 Å². The molecule has 0 atom stereocenters. The first-order chi connectivity index (χ1) is 13.1. The lowest BCUT2D eigenvalue weighted by molar-refractivity contribution is -0.117. The molecule has 27 heavy (non-hydrogen) atoms. The van der Waals surface area contributed by atoms with Crippen LogP contribution in [0.5, 0.6) is 5.75 Å². The highest BCUT2D eigenvalue weighted by molar-refractivity contribution is 6.09. The summed E-state index contributed by atoms with van der Waals surface area (Å²) in [6.45, 7) is 2.51. The third-order valence-electron chi connectivity index (χ3n) is 4.51. The molecule has 134 valence electrons. The van der Waals surface area contributed by atoms with E-state index in [4.69, 9.17) is 10.5 Å². The Hall–Kier alpha value is -3.53. The van der Waals surface area contributed by atoms with Gasteiger partial charge in [0, 0.05) is 11.8 Å². The topological polar surface area (TPSA) is 55.6 Å². The zero-order chi connectivity index (χ0) is 18.8. The van der Waals surface area contributed by atoms with Gasteiger partial charge in [-0.2, -0.15) is 0 Å². The number of carbonyl (C=O) groups excluding carboxylic acids is 1. The van der Waals surface area contributed by atoms with Crippen LogP contribution < -0.4 is 15.4 Å². The number of aryl methyl sites for hydroxylation is 1. The number of amides is 1. The summed E-state index contributed by atoms with van der Waals surface area (Å²) in [5.41, 5.74) is 10.4. The van der Waals surface area contributed by atoms with Crippen molar-refractivity contribution >= 4 is 23.4 Å². The van der Waals surface area contributed by atoms with Gasteiger partial charge in [0.2, 0.25) is 0 Å². The molecule has 0 fully saturated rings. The maximum atomic E-state index is 13.2. The van der Waals surface area contributed by atoms with E-state index in [1.165, 1.54) is 5.56 Å². The molecule has 1 aliphatic heterocycles. The van der Waals surface area contributed by atoms with Gasteiger partial charge in [-0.05, 0) is 36.3 Å². The molecule has 1 aliphatic rings. The number of fused-ring (bicyclic) bond motifs is 1. The van der Waals surface area contributed by atoms with Gasteiger partial charge in [-0.25, -0.2) is 0 Å². The first kappa shape index (κ1) is 16.9. The monoisotopic (exact) mass is 356 g/mol. The van der Waals surface area contributed by atoms with Crippen molar-refractivity contribution in [2.75, 3.05) is 10.6 Å². The van der Waals surface area contributed by atoms with E-state index in [2.05, 4.69) is 0 Å². The van der Waals surface area contributed by atoms with E-state index in [1.54, 1.807) is 23.1 Å². The molecule has 1 amide bonds. The Morgan fingerprint density at radius 1 is 1.00 bits per heavy atom. The number of carbonyl (C=O) groups is 1. The molecular weight excluding hydrogens is 336 g/mol. The lowest BCUT2D eigenvalue weighted by atomic mass is 10.1. The quantitative estimate of drug-likeness (QED) is 0.553. The molecule has 3 aromatic rings. The van der Waals surface area contributed by atoms with Gasteiger partial charge in [-0.1, -0.05) is 60.2 Å². The van der Waals surface area contributed by atoms with Gasteiger partial charge < -0.3 is 10.5 Å². The highest BCUT2D eigenvalue weighted by Crippen LogP contribution is 2.38. The summed E-state index contributed by atoms with van der Waals surface area (Å²) >= 11 is 0. The van der Waals surface area contributed by atoms with Gasteiger partial charge in [0.15, 0.2) is 11.5 Å². The molecule has 0 aliphatic carbocycles. The second-order valence-electron chi connectivity index (χ2n) is 6.63. The van der Waals surface area contributed by atoms with Gasteiger partial charge in [0.05, 0.1) is 12.2 Å². The van der Waals surface area contributed by atoms with Gasteiger partial charge in [0.1, 0.15) is 0 Å². The first-order valence-corrected chi connectivity index (χ1v) is 8.82. The minimum Gasteiger partial charge on any atom is -0.449 e.